The third kappa shape index (κ3) is 1.37. The largest absolute Gasteiger partial charge is 0.284 e. The molecule has 0 saturated heterocycles. The minimum Gasteiger partial charge on any atom is -0.284 e. The van der Waals surface area contributed by atoms with Crippen molar-refractivity contribution in [1.82, 2.24) is 0 Å². The van der Waals surface area contributed by atoms with Gasteiger partial charge in [0.05, 0.1) is 5.69 Å². The van der Waals surface area contributed by atoms with Gasteiger partial charge in [-0.25, -0.2) is 0 Å². The first-order valence-corrected chi connectivity index (χ1v) is 5.09. The Morgan fingerprint density at radius 3 is 3.27 bits per heavy atom. The molecule has 0 aromatic carbocycles. The number of halogens is 1. The summed E-state index contributed by atoms with van der Waals surface area (Å²) in [5.41, 5.74) is 1.23. The lowest BCUT2D eigenvalue weighted by Crippen LogP contribution is -2.09. The molecule has 1 aliphatic heterocycles. The quantitative estimate of drug-likeness (QED) is 0.565. The Labute approximate surface area is 75.7 Å². The Morgan fingerprint density at radius 2 is 2.36 bits per heavy atom. The van der Waals surface area contributed by atoms with Gasteiger partial charge in [-0.15, -0.1) is 11.3 Å². The van der Waals surface area contributed by atoms with Crippen LogP contribution in [0.2, 0.25) is 0 Å². The van der Waals surface area contributed by atoms with E-state index in [4.69, 9.17) is 11.8 Å². The van der Waals surface area contributed by atoms with E-state index in [0.717, 1.165) is 6.54 Å². The second-order valence-electron chi connectivity index (χ2n) is 2.77. The van der Waals surface area contributed by atoms with E-state index in [1.807, 2.05) is 15.8 Å². The number of hydrogen-bond donors (Lipinski definition) is 0. The van der Waals surface area contributed by atoms with Crippen molar-refractivity contribution in [3.05, 3.63) is 16.3 Å². The Balaban J connectivity index is 2.34. The predicted octanol–water partition coefficient (Wildman–Crippen LogP) is 3.04. The first-order chi connectivity index (χ1) is 5.38. The van der Waals surface area contributed by atoms with Gasteiger partial charge in [0, 0.05) is 23.2 Å². The van der Waals surface area contributed by atoms with E-state index in [-0.39, 0.29) is 0 Å². The second kappa shape index (κ2) is 3.03. The molecule has 0 spiro atoms. The highest BCUT2D eigenvalue weighted by Gasteiger charge is 2.13. The van der Waals surface area contributed by atoms with Crippen molar-refractivity contribution in [2.24, 2.45) is 0 Å². The molecule has 2 heterocycles. The van der Waals surface area contributed by atoms with Crippen molar-refractivity contribution >= 4 is 28.8 Å². The molecule has 1 aromatic rings. The van der Waals surface area contributed by atoms with Gasteiger partial charge >= 0.3 is 0 Å². The summed E-state index contributed by atoms with van der Waals surface area (Å²) < 4.78 is 1.85. The molecule has 0 aliphatic carbocycles. The summed E-state index contributed by atoms with van der Waals surface area (Å²) in [5.74, 6) is 0. The van der Waals surface area contributed by atoms with Crippen LogP contribution >= 0.6 is 23.1 Å². The number of anilines is 1. The molecule has 0 atom stereocenters. The highest BCUT2D eigenvalue weighted by atomic mass is 35.5. The average molecular weight is 188 g/mol. The van der Waals surface area contributed by atoms with Gasteiger partial charge in [-0.3, -0.25) is 4.42 Å². The minimum absolute atomic E-state index is 0.991. The van der Waals surface area contributed by atoms with E-state index in [2.05, 4.69) is 11.4 Å². The minimum atomic E-state index is 0.991. The third-order valence-electron chi connectivity index (χ3n) is 1.99. The first kappa shape index (κ1) is 7.44. The summed E-state index contributed by atoms with van der Waals surface area (Å²) in [6, 6.07) is 2.11. The molecule has 11 heavy (non-hydrogen) atoms. The highest BCUT2D eigenvalue weighted by molar-refractivity contribution is 7.10. The molecule has 0 bridgehead atoms. The Bertz CT molecular complexity index is 246. The monoisotopic (exact) mass is 187 g/mol. The maximum atomic E-state index is 6.03. The lowest BCUT2D eigenvalue weighted by molar-refractivity contribution is 0.775. The summed E-state index contributed by atoms with van der Waals surface area (Å²) in [6.07, 6.45) is 3.69. The number of thiophene rings is 1. The zero-order valence-corrected chi connectivity index (χ0v) is 7.79. The molecule has 0 unspecified atom stereocenters. The summed E-state index contributed by atoms with van der Waals surface area (Å²) in [4.78, 5) is 1.44. The van der Waals surface area contributed by atoms with Crippen LogP contribution < -0.4 is 4.42 Å². The number of nitrogens with zero attached hydrogens (tertiary/aromatic N) is 1. The summed E-state index contributed by atoms with van der Waals surface area (Å²) in [6.45, 7) is 0.991. The van der Waals surface area contributed by atoms with Gasteiger partial charge in [0.2, 0.25) is 0 Å². The second-order valence-corrected chi connectivity index (χ2v) is 4.18. The lowest BCUT2D eigenvalue weighted by Gasteiger charge is -2.11. The van der Waals surface area contributed by atoms with Crippen LogP contribution in [0.3, 0.4) is 0 Å². The van der Waals surface area contributed by atoms with Crippen LogP contribution in [0.5, 0.6) is 0 Å². The molecule has 1 aromatic heterocycles. The smallest absolute Gasteiger partial charge is 0.0662 e. The van der Waals surface area contributed by atoms with Crippen molar-refractivity contribution in [2.45, 2.75) is 19.3 Å². The molecule has 3 heteroatoms. The van der Waals surface area contributed by atoms with Crippen LogP contribution in [0.4, 0.5) is 5.69 Å². The van der Waals surface area contributed by atoms with Crippen LogP contribution in [-0.2, 0) is 6.42 Å². The van der Waals surface area contributed by atoms with Gasteiger partial charge in [0.1, 0.15) is 0 Å². The summed E-state index contributed by atoms with van der Waals surface area (Å²) in [5, 5.41) is 2.12. The predicted molar refractivity (Wildman–Crippen MR) is 50.5 cm³/mol. The van der Waals surface area contributed by atoms with Gasteiger partial charge < -0.3 is 0 Å². The molecule has 0 fully saturated rings. The molecular weight excluding hydrogens is 178 g/mol. The van der Waals surface area contributed by atoms with Gasteiger partial charge in [-0.05, 0) is 30.7 Å². The number of rotatable bonds is 0. The zero-order chi connectivity index (χ0) is 7.68. The van der Waals surface area contributed by atoms with Gasteiger partial charge in [0.25, 0.3) is 0 Å². The van der Waals surface area contributed by atoms with Crippen molar-refractivity contribution in [2.75, 3.05) is 11.0 Å². The van der Waals surface area contributed by atoms with Gasteiger partial charge in [-0.1, -0.05) is 0 Å². The van der Waals surface area contributed by atoms with E-state index in [9.17, 15) is 0 Å². The maximum Gasteiger partial charge on any atom is 0.0662 e. The van der Waals surface area contributed by atoms with Gasteiger partial charge in [-0.2, -0.15) is 0 Å². The van der Waals surface area contributed by atoms with E-state index in [1.165, 1.54) is 29.8 Å². The van der Waals surface area contributed by atoms with E-state index in [1.54, 1.807) is 0 Å². The van der Waals surface area contributed by atoms with E-state index in [0.29, 0.717) is 0 Å². The molecule has 1 nitrogen and oxygen atoms in total. The average Bonchev–Trinajstić information content (AvgIpc) is 2.40. The SMILES string of the molecule is ClN1CCCCc2sccc21. The van der Waals surface area contributed by atoms with Crippen molar-refractivity contribution in [3.63, 3.8) is 0 Å². The first-order valence-electron chi connectivity index (χ1n) is 3.87. The molecule has 0 radical (unpaired) electrons. The molecular formula is C8H10ClNS. The number of fused-ring (bicyclic) bond motifs is 1. The third-order valence-corrected chi connectivity index (χ3v) is 3.31. The fourth-order valence-electron chi connectivity index (χ4n) is 1.39. The molecule has 2 rings (SSSR count). The van der Waals surface area contributed by atoms with E-state index >= 15 is 0 Å². The Hall–Kier alpha value is -0.210. The molecule has 0 amide bonds. The van der Waals surface area contributed by atoms with Crippen molar-refractivity contribution in [1.29, 1.82) is 0 Å². The standard InChI is InChI=1S/C8H10ClNS/c9-10-5-2-1-3-8-7(10)4-6-11-8/h4,6H,1-3,5H2. The highest BCUT2D eigenvalue weighted by Crippen LogP contribution is 2.31. The van der Waals surface area contributed by atoms with Gasteiger partial charge in [0.15, 0.2) is 0 Å². The Morgan fingerprint density at radius 1 is 1.45 bits per heavy atom. The van der Waals surface area contributed by atoms with E-state index < -0.39 is 0 Å². The van der Waals surface area contributed by atoms with Crippen LogP contribution in [0, 0.1) is 0 Å². The van der Waals surface area contributed by atoms with Crippen molar-refractivity contribution in [3.8, 4) is 0 Å². The number of aryl methyl sites for hydroxylation is 1. The normalized spacial score (nSPS) is 17.7. The summed E-state index contributed by atoms with van der Waals surface area (Å²) in [7, 11) is 0. The zero-order valence-electron chi connectivity index (χ0n) is 6.22. The lowest BCUT2D eigenvalue weighted by atomic mass is 10.2. The topological polar surface area (TPSA) is 3.24 Å². The maximum absolute atomic E-state index is 6.03. The fourth-order valence-corrected chi connectivity index (χ4v) is 2.64. The Kier molecular flexibility index (Phi) is 2.05. The van der Waals surface area contributed by atoms with Crippen LogP contribution in [0.25, 0.3) is 0 Å². The summed E-state index contributed by atoms with van der Waals surface area (Å²) >= 11 is 7.85. The molecule has 60 valence electrons. The molecule has 0 saturated carbocycles. The number of hydrogen-bond acceptors (Lipinski definition) is 2. The molecule has 1 aliphatic rings. The fraction of sp³-hybridized carbons (Fsp3) is 0.500. The van der Waals surface area contributed by atoms with Crippen LogP contribution in [0.15, 0.2) is 11.4 Å². The molecule has 0 N–H and O–H groups in total. The van der Waals surface area contributed by atoms with Crippen LogP contribution in [0.1, 0.15) is 17.7 Å². The van der Waals surface area contributed by atoms with Crippen molar-refractivity contribution < 1.29 is 0 Å². The van der Waals surface area contributed by atoms with Crippen LogP contribution in [-0.4, -0.2) is 6.54 Å².